The van der Waals surface area contributed by atoms with Crippen molar-refractivity contribution >= 4 is 17.7 Å². The van der Waals surface area contributed by atoms with Gasteiger partial charge in [-0.2, -0.15) is 0 Å². The van der Waals surface area contributed by atoms with Crippen LogP contribution in [0.25, 0.3) is 0 Å². The lowest BCUT2D eigenvalue weighted by molar-refractivity contribution is -0.0704. The second kappa shape index (κ2) is 10.8. The maximum absolute atomic E-state index is 12.9. The second-order valence-electron chi connectivity index (χ2n) is 7.56. The molecule has 2 atom stereocenters. The number of ether oxygens (including phenoxy) is 1. The van der Waals surface area contributed by atoms with Crippen LogP contribution in [0.15, 0.2) is 53.4 Å². The zero-order chi connectivity index (χ0) is 20.6. The zero-order valence-corrected chi connectivity index (χ0v) is 17.9. The van der Waals surface area contributed by atoms with Crippen molar-refractivity contribution < 1.29 is 13.9 Å². The highest BCUT2D eigenvalue weighted by Gasteiger charge is 2.22. The maximum atomic E-state index is 12.9. The van der Waals surface area contributed by atoms with E-state index in [9.17, 15) is 9.18 Å². The van der Waals surface area contributed by atoms with E-state index in [0.717, 1.165) is 36.7 Å². The first-order chi connectivity index (χ1) is 14.0. The highest BCUT2D eigenvalue weighted by Crippen LogP contribution is 2.18. The second-order valence-corrected chi connectivity index (χ2v) is 8.73. The summed E-state index contributed by atoms with van der Waals surface area (Å²) in [5, 5.41) is 2.97. The zero-order valence-electron chi connectivity index (χ0n) is 17.1. The van der Waals surface area contributed by atoms with Gasteiger partial charge in [0.2, 0.25) is 0 Å². The monoisotopic (exact) mass is 416 g/mol. The summed E-state index contributed by atoms with van der Waals surface area (Å²) in [6.45, 7) is 7.58. The summed E-state index contributed by atoms with van der Waals surface area (Å²) in [4.78, 5) is 15.8. The Morgan fingerprint density at radius 3 is 2.41 bits per heavy atom. The van der Waals surface area contributed by atoms with Crippen LogP contribution in [0.2, 0.25) is 0 Å². The number of morpholine rings is 1. The van der Waals surface area contributed by atoms with Crippen LogP contribution in [-0.2, 0) is 11.3 Å². The van der Waals surface area contributed by atoms with E-state index in [-0.39, 0.29) is 23.9 Å². The molecule has 2 aromatic carbocycles. The lowest BCUT2D eigenvalue weighted by Crippen LogP contribution is -2.44. The Balaban J connectivity index is 1.38. The van der Waals surface area contributed by atoms with Gasteiger partial charge in [-0.25, -0.2) is 4.39 Å². The molecule has 1 aliphatic rings. The highest BCUT2D eigenvalue weighted by molar-refractivity contribution is 7.99. The first-order valence-electron chi connectivity index (χ1n) is 10.1. The van der Waals surface area contributed by atoms with E-state index < -0.39 is 0 Å². The van der Waals surface area contributed by atoms with Gasteiger partial charge in [0.25, 0.3) is 5.91 Å². The number of amides is 1. The summed E-state index contributed by atoms with van der Waals surface area (Å²) in [6.07, 6.45) is 1.37. The number of nitrogens with zero attached hydrogens (tertiary/aromatic N) is 1. The predicted octanol–water partition coefficient (Wildman–Crippen LogP) is 4.35. The number of carbonyl (C=O) groups is 1. The van der Waals surface area contributed by atoms with Crippen molar-refractivity contribution in [3.63, 3.8) is 0 Å². The van der Waals surface area contributed by atoms with Crippen molar-refractivity contribution in [3.8, 4) is 0 Å². The summed E-state index contributed by atoms with van der Waals surface area (Å²) < 4.78 is 18.7. The summed E-state index contributed by atoms with van der Waals surface area (Å²) in [5.41, 5.74) is 1.89. The standard InChI is InChI=1S/C23H29FN2O2S/c1-17-14-26(15-18(2)28-17)16-19-4-6-20(7-5-19)23(27)25-12-3-13-29-22-10-8-21(24)9-11-22/h4-11,17-18H,3,12-16H2,1-2H3,(H,25,27). The Bertz CT molecular complexity index is 772. The first-order valence-corrected chi connectivity index (χ1v) is 11.1. The SMILES string of the molecule is CC1CN(Cc2ccc(C(=O)NCCCSc3ccc(F)cc3)cc2)CC(C)O1. The van der Waals surface area contributed by atoms with Crippen LogP contribution in [0, 0.1) is 5.82 Å². The van der Waals surface area contributed by atoms with E-state index >= 15 is 0 Å². The number of thioether (sulfide) groups is 1. The molecule has 0 radical (unpaired) electrons. The number of benzene rings is 2. The van der Waals surface area contributed by atoms with Crippen molar-refractivity contribution in [2.24, 2.45) is 0 Å². The molecular weight excluding hydrogens is 387 g/mol. The molecule has 0 saturated carbocycles. The third-order valence-electron chi connectivity index (χ3n) is 4.81. The fourth-order valence-electron chi connectivity index (χ4n) is 3.53. The van der Waals surface area contributed by atoms with Gasteiger partial charge in [0.1, 0.15) is 5.82 Å². The average Bonchev–Trinajstić information content (AvgIpc) is 2.69. The number of rotatable bonds is 8. The Hall–Kier alpha value is -1.89. The Morgan fingerprint density at radius 1 is 1.10 bits per heavy atom. The van der Waals surface area contributed by atoms with Gasteiger partial charge in [-0.15, -0.1) is 11.8 Å². The summed E-state index contributed by atoms with van der Waals surface area (Å²) >= 11 is 1.66. The number of halogens is 1. The maximum Gasteiger partial charge on any atom is 0.251 e. The van der Waals surface area contributed by atoms with Crippen LogP contribution in [0.5, 0.6) is 0 Å². The van der Waals surface area contributed by atoms with Gasteiger partial charge in [0, 0.05) is 36.6 Å². The predicted molar refractivity (Wildman–Crippen MR) is 116 cm³/mol. The molecule has 1 heterocycles. The number of hydrogen-bond donors (Lipinski definition) is 1. The molecule has 1 amide bonds. The number of hydrogen-bond acceptors (Lipinski definition) is 4. The fourth-order valence-corrected chi connectivity index (χ4v) is 4.38. The largest absolute Gasteiger partial charge is 0.373 e. The Morgan fingerprint density at radius 2 is 1.76 bits per heavy atom. The van der Waals surface area contributed by atoms with Gasteiger partial charge in [0.15, 0.2) is 0 Å². The third-order valence-corrected chi connectivity index (χ3v) is 5.90. The summed E-state index contributed by atoms with van der Waals surface area (Å²) in [7, 11) is 0. The lowest BCUT2D eigenvalue weighted by atomic mass is 10.1. The van der Waals surface area contributed by atoms with Crippen LogP contribution in [0.3, 0.4) is 0 Å². The minimum atomic E-state index is -0.221. The molecule has 0 spiro atoms. The van der Waals surface area contributed by atoms with Crippen LogP contribution in [0.4, 0.5) is 4.39 Å². The molecule has 2 aromatic rings. The molecule has 29 heavy (non-hydrogen) atoms. The number of carbonyl (C=O) groups excluding carboxylic acids is 1. The molecule has 2 unspecified atom stereocenters. The Labute approximate surface area is 176 Å². The van der Waals surface area contributed by atoms with Gasteiger partial charge in [-0.3, -0.25) is 9.69 Å². The van der Waals surface area contributed by atoms with Crippen LogP contribution < -0.4 is 5.32 Å². The van der Waals surface area contributed by atoms with Gasteiger partial charge in [-0.1, -0.05) is 12.1 Å². The van der Waals surface area contributed by atoms with Crippen LogP contribution in [0.1, 0.15) is 36.2 Å². The van der Waals surface area contributed by atoms with E-state index in [2.05, 4.69) is 24.1 Å². The molecule has 6 heteroatoms. The van der Waals surface area contributed by atoms with Crippen LogP contribution in [-0.4, -0.2) is 48.4 Å². The summed E-state index contributed by atoms with van der Waals surface area (Å²) in [6, 6.07) is 14.3. The molecule has 3 rings (SSSR count). The van der Waals surface area contributed by atoms with Crippen molar-refractivity contribution in [3.05, 3.63) is 65.5 Å². The van der Waals surface area contributed by atoms with E-state index in [0.29, 0.717) is 12.1 Å². The van der Waals surface area contributed by atoms with E-state index in [1.165, 1.54) is 17.7 Å². The van der Waals surface area contributed by atoms with E-state index in [1.807, 2.05) is 24.3 Å². The van der Waals surface area contributed by atoms with Gasteiger partial charge >= 0.3 is 0 Å². The molecule has 0 bridgehead atoms. The normalized spacial score (nSPS) is 19.8. The molecule has 156 valence electrons. The third kappa shape index (κ3) is 7.14. The molecule has 0 aromatic heterocycles. The van der Waals surface area contributed by atoms with Crippen molar-refractivity contribution in [1.29, 1.82) is 0 Å². The lowest BCUT2D eigenvalue weighted by Gasteiger charge is -2.35. The highest BCUT2D eigenvalue weighted by atomic mass is 32.2. The van der Waals surface area contributed by atoms with Crippen LogP contribution >= 0.6 is 11.8 Å². The molecule has 4 nitrogen and oxygen atoms in total. The fraction of sp³-hybridized carbons (Fsp3) is 0.435. The topological polar surface area (TPSA) is 41.6 Å². The van der Waals surface area contributed by atoms with Crippen molar-refractivity contribution in [2.45, 2.75) is 43.9 Å². The molecule has 1 aliphatic heterocycles. The Kier molecular flexibility index (Phi) is 8.09. The molecule has 1 fully saturated rings. The van der Waals surface area contributed by atoms with E-state index in [1.54, 1.807) is 23.9 Å². The minimum Gasteiger partial charge on any atom is -0.373 e. The molecule has 0 aliphatic carbocycles. The molecule has 1 saturated heterocycles. The van der Waals surface area contributed by atoms with E-state index in [4.69, 9.17) is 4.74 Å². The average molecular weight is 417 g/mol. The first kappa shape index (κ1) is 21.8. The van der Waals surface area contributed by atoms with Gasteiger partial charge < -0.3 is 10.1 Å². The quantitative estimate of drug-likeness (QED) is 0.513. The van der Waals surface area contributed by atoms with Gasteiger partial charge in [-0.05, 0) is 68.0 Å². The minimum absolute atomic E-state index is 0.0445. The van der Waals surface area contributed by atoms with Crippen molar-refractivity contribution in [2.75, 3.05) is 25.4 Å². The number of nitrogens with one attached hydrogen (secondary N) is 1. The summed E-state index contributed by atoms with van der Waals surface area (Å²) in [5.74, 6) is 0.611. The van der Waals surface area contributed by atoms with Gasteiger partial charge in [0.05, 0.1) is 12.2 Å². The smallest absolute Gasteiger partial charge is 0.251 e. The molecule has 1 N–H and O–H groups in total. The molecular formula is C23H29FN2O2S. The van der Waals surface area contributed by atoms with Crippen molar-refractivity contribution in [1.82, 2.24) is 10.2 Å².